The number of methoxy groups -OCH3 is 1. The number of rotatable bonds is 5. The molecule has 21 heavy (non-hydrogen) atoms. The second-order valence-corrected chi connectivity index (χ2v) is 6.52. The third-order valence-electron chi connectivity index (χ3n) is 4.66. The standard InChI is InChI=1S/C17H24N2O2/c1-12(2)14(11-21-3)19-15(13-7-5-4-6-8-13)18-17(9-10-17)16(19)20/h4-8,12,14-15,18H,9-11H2,1-3H3. The molecule has 4 nitrogen and oxygen atoms in total. The Morgan fingerprint density at radius 1 is 1.33 bits per heavy atom. The number of nitrogens with zero attached hydrogens (tertiary/aromatic N) is 1. The van der Waals surface area contributed by atoms with E-state index >= 15 is 0 Å². The predicted molar refractivity (Wildman–Crippen MR) is 81.6 cm³/mol. The van der Waals surface area contributed by atoms with Crippen molar-refractivity contribution in [3.05, 3.63) is 35.9 Å². The van der Waals surface area contributed by atoms with Crippen LogP contribution in [0.5, 0.6) is 0 Å². The molecule has 3 rings (SSSR count). The number of carbonyl (C=O) groups is 1. The Morgan fingerprint density at radius 3 is 2.52 bits per heavy atom. The van der Waals surface area contributed by atoms with E-state index in [9.17, 15) is 4.79 Å². The minimum Gasteiger partial charge on any atom is -0.383 e. The summed E-state index contributed by atoms with van der Waals surface area (Å²) < 4.78 is 5.38. The number of amides is 1. The van der Waals surface area contributed by atoms with Gasteiger partial charge >= 0.3 is 0 Å². The van der Waals surface area contributed by atoms with Crippen LogP contribution in [0.2, 0.25) is 0 Å². The van der Waals surface area contributed by atoms with Crippen LogP contribution in [0.15, 0.2) is 30.3 Å². The molecule has 1 saturated carbocycles. The summed E-state index contributed by atoms with van der Waals surface area (Å²) in [6.07, 6.45) is 1.86. The second kappa shape index (κ2) is 5.43. The first kappa shape index (κ1) is 14.5. The van der Waals surface area contributed by atoms with E-state index in [0.717, 1.165) is 18.4 Å². The zero-order chi connectivity index (χ0) is 15.0. The third-order valence-corrected chi connectivity index (χ3v) is 4.66. The quantitative estimate of drug-likeness (QED) is 0.904. The van der Waals surface area contributed by atoms with E-state index in [1.54, 1.807) is 7.11 Å². The van der Waals surface area contributed by atoms with Gasteiger partial charge in [0.05, 0.1) is 12.6 Å². The molecule has 1 spiro atoms. The lowest BCUT2D eigenvalue weighted by Crippen LogP contribution is -2.46. The molecule has 114 valence electrons. The molecule has 1 amide bonds. The average Bonchev–Trinajstić information content (AvgIpc) is 3.21. The molecule has 1 aliphatic carbocycles. The Labute approximate surface area is 126 Å². The van der Waals surface area contributed by atoms with Crippen molar-refractivity contribution < 1.29 is 9.53 Å². The van der Waals surface area contributed by atoms with Crippen LogP contribution in [0.1, 0.15) is 38.4 Å². The lowest BCUT2D eigenvalue weighted by atomic mass is 10.0. The molecule has 0 bridgehead atoms. The van der Waals surface area contributed by atoms with Crippen molar-refractivity contribution in [1.29, 1.82) is 0 Å². The minimum atomic E-state index is -0.304. The summed E-state index contributed by atoms with van der Waals surface area (Å²) in [5.74, 6) is 0.600. The van der Waals surface area contributed by atoms with Crippen LogP contribution in [0.3, 0.4) is 0 Å². The molecule has 4 heteroatoms. The molecular weight excluding hydrogens is 264 g/mol. The van der Waals surface area contributed by atoms with Gasteiger partial charge in [-0.1, -0.05) is 44.2 Å². The van der Waals surface area contributed by atoms with E-state index in [0.29, 0.717) is 12.5 Å². The van der Waals surface area contributed by atoms with Crippen molar-refractivity contribution in [2.75, 3.05) is 13.7 Å². The molecule has 1 saturated heterocycles. The van der Waals surface area contributed by atoms with Gasteiger partial charge in [0.25, 0.3) is 0 Å². The maximum absolute atomic E-state index is 12.9. The van der Waals surface area contributed by atoms with E-state index in [4.69, 9.17) is 4.74 Å². The minimum absolute atomic E-state index is 0.0382. The second-order valence-electron chi connectivity index (χ2n) is 6.52. The maximum atomic E-state index is 12.9. The van der Waals surface area contributed by atoms with Crippen molar-refractivity contribution in [1.82, 2.24) is 10.2 Å². The smallest absolute Gasteiger partial charge is 0.244 e. The molecule has 2 atom stereocenters. The van der Waals surface area contributed by atoms with Gasteiger partial charge in [-0.3, -0.25) is 10.1 Å². The number of ether oxygens (including phenoxy) is 1. The van der Waals surface area contributed by atoms with Crippen molar-refractivity contribution >= 4 is 5.91 Å². The van der Waals surface area contributed by atoms with Crippen molar-refractivity contribution in [2.24, 2.45) is 5.92 Å². The monoisotopic (exact) mass is 288 g/mol. The van der Waals surface area contributed by atoms with Crippen LogP contribution in [0.25, 0.3) is 0 Å². The summed E-state index contributed by atoms with van der Waals surface area (Å²) in [5.41, 5.74) is 0.845. The molecule has 1 aliphatic heterocycles. The van der Waals surface area contributed by atoms with E-state index in [-0.39, 0.29) is 23.7 Å². The third kappa shape index (κ3) is 2.47. The first-order chi connectivity index (χ1) is 10.1. The Morgan fingerprint density at radius 2 is 2.00 bits per heavy atom. The molecule has 0 radical (unpaired) electrons. The molecule has 0 aromatic heterocycles. The van der Waals surface area contributed by atoms with Gasteiger partial charge in [0, 0.05) is 7.11 Å². The Kier molecular flexibility index (Phi) is 3.76. The summed E-state index contributed by atoms with van der Waals surface area (Å²) >= 11 is 0. The van der Waals surface area contributed by atoms with E-state index in [2.05, 4.69) is 31.3 Å². The molecule has 1 aromatic rings. The zero-order valence-electron chi connectivity index (χ0n) is 13.0. The maximum Gasteiger partial charge on any atom is 0.244 e. The van der Waals surface area contributed by atoms with Crippen LogP contribution >= 0.6 is 0 Å². The highest BCUT2D eigenvalue weighted by Crippen LogP contribution is 2.47. The molecule has 1 aromatic carbocycles. The Hall–Kier alpha value is -1.39. The average molecular weight is 288 g/mol. The summed E-state index contributed by atoms with van der Waals surface area (Å²) in [6, 6.07) is 10.3. The summed E-state index contributed by atoms with van der Waals surface area (Å²) in [5, 5.41) is 3.57. The fourth-order valence-electron chi connectivity index (χ4n) is 3.23. The van der Waals surface area contributed by atoms with Crippen molar-refractivity contribution in [2.45, 2.75) is 44.4 Å². The summed E-state index contributed by atoms with van der Waals surface area (Å²) in [4.78, 5) is 14.9. The van der Waals surface area contributed by atoms with Gasteiger partial charge in [-0.05, 0) is 24.3 Å². The number of benzene rings is 1. The number of carbonyl (C=O) groups excluding carboxylic acids is 1. The van der Waals surface area contributed by atoms with Gasteiger partial charge in [0.2, 0.25) is 5.91 Å². The lowest BCUT2D eigenvalue weighted by molar-refractivity contribution is -0.135. The number of hydrogen-bond acceptors (Lipinski definition) is 3. The van der Waals surface area contributed by atoms with E-state index < -0.39 is 0 Å². The highest BCUT2D eigenvalue weighted by Gasteiger charge is 2.60. The van der Waals surface area contributed by atoms with Crippen LogP contribution in [0.4, 0.5) is 0 Å². The molecule has 2 fully saturated rings. The van der Waals surface area contributed by atoms with Gasteiger partial charge in [-0.25, -0.2) is 0 Å². The van der Waals surface area contributed by atoms with Gasteiger partial charge in [-0.15, -0.1) is 0 Å². The van der Waals surface area contributed by atoms with Gasteiger partial charge in [0.1, 0.15) is 11.7 Å². The highest BCUT2D eigenvalue weighted by molar-refractivity contribution is 5.92. The topological polar surface area (TPSA) is 41.6 Å². The van der Waals surface area contributed by atoms with Crippen LogP contribution in [0, 0.1) is 5.92 Å². The van der Waals surface area contributed by atoms with E-state index in [1.807, 2.05) is 23.1 Å². The fraction of sp³-hybridized carbons (Fsp3) is 0.588. The zero-order valence-corrected chi connectivity index (χ0v) is 13.0. The molecule has 1 N–H and O–H groups in total. The van der Waals surface area contributed by atoms with Crippen LogP contribution in [-0.4, -0.2) is 36.1 Å². The SMILES string of the molecule is COCC(C(C)C)N1C(=O)C2(CC2)NC1c1ccccc1. The molecular formula is C17H24N2O2. The predicted octanol–water partition coefficient (Wildman–Crippen LogP) is 2.32. The largest absolute Gasteiger partial charge is 0.383 e. The number of hydrogen-bond donors (Lipinski definition) is 1. The first-order valence-corrected chi connectivity index (χ1v) is 7.73. The Balaban J connectivity index is 1.95. The summed E-state index contributed by atoms with van der Waals surface area (Å²) in [7, 11) is 1.70. The highest BCUT2D eigenvalue weighted by atomic mass is 16.5. The number of nitrogens with one attached hydrogen (secondary N) is 1. The fourth-order valence-corrected chi connectivity index (χ4v) is 3.23. The first-order valence-electron chi connectivity index (χ1n) is 7.73. The molecule has 1 heterocycles. The summed E-state index contributed by atoms with van der Waals surface area (Å²) in [6.45, 7) is 4.87. The van der Waals surface area contributed by atoms with Crippen molar-refractivity contribution in [3.63, 3.8) is 0 Å². The lowest BCUT2D eigenvalue weighted by Gasteiger charge is -2.35. The van der Waals surface area contributed by atoms with Crippen molar-refractivity contribution in [3.8, 4) is 0 Å². The van der Waals surface area contributed by atoms with Crippen LogP contribution in [-0.2, 0) is 9.53 Å². The normalized spacial score (nSPS) is 24.9. The van der Waals surface area contributed by atoms with E-state index in [1.165, 1.54) is 0 Å². The Bertz CT molecular complexity index is 511. The van der Waals surface area contributed by atoms with Gasteiger partial charge < -0.3 is 9.64 Å². The molecule has 2 unspecified atom stereocenters. The van der Waals surface area contributed by atoms with Gasteiger partial charge in [0.15, 0.2) is 0 Å². The van der Waals surface area contributed by atoms with Gasteiger partial charge in [-0.2, -0.15) is 0 Å². The van der Waals surface area contributed by atoms with Crippen LogP contribution < -0.4 is 5.32 Å². The molecule has 2 aliphatic rings.